The van der Waals surface area contributed by atoms with Crippen LogP contribution in [0.2, 0.25) is 0 Å². The SMILES string of the molecule is Nc1ccccc1NC(=O)c1ccc(Cn2nnc3ccc(Br)cc3c2=O)cc1. The zero-order valence-electron chi connectivity index (χ0n) is 15.2. The highest BCUT2D eigenvalue weighted by molar-refractivity contribution is 9.10. The van der Waals surface area contributed by atoms with Crippen LogP contribution in [0.5, 0.6) is 0 Å². The monoisotopic (exact) mass is 449 g/mol. The molecule has 3 N–H and O–H groups in total. The van der Waals surface area contributed by atoms with Gasteiger partial charge in [0.25, 0.3) is 11.5 Å². The molecule has 1 amide bonds. The first-order valence-electron chi connectivity index (χ1n) is 8.79. The summed E-state index contributed by atoms with van der Waals surface area (Å²) in [7, 11) is 0. The second kappa shape index (κ2) is 7.84. The molecule has 29 heavy (non-hydrogen) atoms. The van der Waals surface area contributed by atoms with Crippen LogP contribution < -0.4 is 16.6 Å². The Hall–Kier alpha value is -3.52. The summed E-state index contributed by atoms with van der Waals surface area (Å²) in [5, 5.41) is 11.4. The van der Waals surface area contributed by atoms with E-state index in [1.165, 1.54) is 4.68 Å². The molecule has 3 aromatic carbocycles. The quantitative estimate of drug-likeness (QED) is 0.464. The Morgan fingerprint density at radius 2 is 1.83 bits per heavy atom. The van der Waals surface area contributed by atoms with E-state index in [0.29, 0.717) is 27.8 Å². The molecule has 0 unspecified atom stereocenters. The summed E-state index contributed by atoms with van der Waals surface area (Å²) in [6.07, 6.45) is 0. The van der Waals surface area contributed by atoms with Crippen molar-refractivity contribution in [1.82, 2.24) is 15.0 Å². The second-order valence-electron chi connectivity index (χ2n) is 6.45. The number of hydrogen-bond acceptors (Lipinski definition) is 5. The van der Waals surface area contributed by atoms with Gasteiger partial charge in [-0.2, -0.15) is 0 Å². The Balaban J connectivity index is 1.53. The van der Waals surface area contributed by atoms with Crippen molar-refractivity contribution in [3.8, 4) is 0 Å². The van der Waals surface area contributed by atoms with Gasteiger partial charge in [0.15, 0.2) is 0 Å². The number of hydrogen-bond donors (Lipinski definition) is 2. The fraction of sp³-hybridized carbons (Fsp3) is 0.0476. The van der Waals surface area contributed by atoms with Gasteiger partial charge in [-0.05, 0) is 48.0 Å². The Morgan fingerprint density at radius 1 is 1.07 bits per heavy atom. The third-order valence-corrected chi connectivity index (χ3v) is 4.93. The molecule has 4 rings (SSSR count). The number of amides is 1. The number of nitrogens with one attached hydrogen (secondary N) is 1. The predicted molar refractivity (Wildman–Crippen MR) is 116 cm³/mol. The summed E-state index contributed by atoms with van der Waals surface area (Å²) in [5.74, 6) is -0.262. The molecule has 0 fully saturated rings. The maximum Gasteiger partial charge on any atom is 0.277 e. The predicted octanol–water partition coefficient (Wildman–Crippen LogP) is 3.44. The number of halogens is 1. The summed E-state index contributed by atoms with van der Waals surface area (Å²) in [5.41, 5.74) is 8.54. The molecule has 0 saturated carbocycles. The zero-order valence-corrected chi connectivity index (χ0v) is 16.8. The smallest absolute Gasteiger partial charge is 0.277 e. The largest absolute Gasteiger partial charge is 0.397 e. The molecular weight excluding hydrogens is 434 g/mol. The van der Waals surface area contributed by atoms with Crippen LogP contribution in [0.4, 0.5) is 11.4 Å². The topological polar surface area (TPSA) is 103 Å². The minimum absolute atomic E-state index is 0.224. The Labute approximate surface area is 174 Å². The number of anilines is 2. The van der Waals surface area contributed by atoms with Gasteiger partial charge in [-0.25, -0.2) is 4.68 Å². The average Bonchev–Trinajstić information content (AvgIpc) is 2.72. The van der Waals surface area contributed by atoms with Gasteiger partial charge in [0, 0.05) is 10.0 Å². The van der Waals surface area contributed by atoms with Gasteiger partial charge in [-0.1, -0.05) is 45.4 Å². The third kappa shape index (κ3) is 4.02. The normalized spacial score (nSPS) is 10.8. The molecule has 8 heteroatoms. The second-order valence-corrected chi connectivity index (χ2v) is 7.37. The van der Waals surface area contributed by atoms with Gasteiger partial charge in [0.05, 0.1) is 23.3 Å². The van der Waals surface area contributed by atoms with Crippen LogP contribution in [-0.2, 0) is 6.54 Å². The van der Waals surface area contributed by atoms with E-state index in [1.807, 2.05) is 6.07 Å². The number of nitrogen functional groups attached to an aromatic ring is 1. The molecule has 0 aliphatic heterocycles. The van der Waals surface area contributed by atoms with Crippen LogP contribution in [0.25, 0.3) is 10.9 Å². The molecule has 1 aromatic heterocycles. The number of fused-ring (bicyclic) bond motifs is 1. The number of carbonyl (C=O) groups excluding carboxylic acids is 1. The van der Waals surface area contributed by atoms with Crippen LogP contribution in [0.1, 0.15) is 15.9 Å². The fourth-order valence-corrected chi connectivity index (χ4v) is 3.25. The van der Waals surface area contributed by atoms with Crippen molar-refractivity contribution in [1.29, 1.82) is 0 Å². The van der Waals surface area contributed by atoms with Gasteiger partial charge in [0.2, 0.25) is 0 Å². The number of para-hydroxylation sites is 2. The molecule has 0 aliphatic carbocycles. The van der Waals surface area contributed by atoms with Gasteiger partial charge < -0.3 is 11.1 Å². The molecule has 0 aliphatic rings. The summed E-state index contributed by atoms with van der Waals surface area (Å²) in [6, 6.07) is 19.3. The molecule has 0 saturated heterocycles. The fourth-order valence-electron chi connectivity index (χ4n) is 2.89. The highest BCUT2D eigenvalue weighted by atomic mass is 79.9. The van der Waals surface area contributed by atoms with Crippen LogP contribution in [-0.4, -0.2) is 20.9 Å². The molecule has 0 radical (unpaired) electrons. The number of aromatic nitrogens is 3. The Morgan fingerprint density at radius 3 is 2.59 bits per heavy atom. The van der Waals surface area contributed by atoms with Crippen molar-refractivity contribution in [2.75, 3.05) is 11.1 Å². The van der Waals surface area contributed by atoms with Crippen LogP contribution in [0.3, 0.4) is 0 Å². The van der Waals surface area contributed by atoms with Gasteiger partial charge in [-0.3, -0.25) is 9.59 Å². The van der Waals surface area contributed by atoms with Gasteiger partial charge in [-0.15, -0.1) is 5.10 Å². The molecular formula is C21H16BrN5O2. The number of carbonyl (C=O) groups is 1. The third-order valence-electron chi connectivity index (χ3n) is 4.44. The Kier molecular flexibility index (Phi) is 5.09. The summed E-state index contributed by atoms with van der Waals surface area (Å²) >= 11 is 3.37. The standard InChI is InChI=1S/C21H16BrN5O2/c22-15-9-10-18-16(11-15)21(29)27(26-25-18)12-13-5-7-14(8-6-13)20(28)24-19-4-2-1-3-17(19)23/h1-11H,12,23H2,(H,24,28). The number of nitrogens with zero attached hydrogens (tertiary/aromatic N) is 3. The number of nitrogens with two attached hydrogens (primary N) is 1. The first kappa shape index (κ1) is 18.8. The lowest BCUT2D eigenvalue weighted by atomic mass is 10.1. The van der Waals surface area contributed by atoms with E-state index in [2.05, 4.69) is 31.6 Å². The highest BCUT2D eigenvalue weighted by Gasteiger charge is 2.10. The average molecular weight is 450 g/mol. The van der Waals surface area contributed by atoms with E-state index in [4.69, 9.17) is 5.73 Å². The van der Waals surface area contributed by atoms with Gasteiger partial charge in [0.1, 0.15) is 5.52 Å². The van der Waals surface area contributed by atoms with Gasteiger partial charge >= 0.3 is 0 Å². The minimum atomic E-state index is -0.262. The molecule has 0 spiro atoms. The van der Waals surface area contributed by atoms with Crippen molar-refractivity contribution in [2.45, 2.75) is 6.54 Å². The van der Waals surface area contributed by atoms with Crippen molar-refractivity contribution >= 4 is 44.1 Å². The van der Waals surface area contributed by atoms with E-state index in [-0.39, 0.29) is 18.0 Å². The maximum absolute atomic E-state index is 12.7. The highest BCUT2D eigenvalue weighted by Crippen LogP contribution is 2.18. The van der Waals surface area contributed by atoms with Crippen LogP contribution >= 0.6 is 15.9 Å². The number of benzene rings is 3. The van der Waals surface area contributed by atoms with E-state index < -0.39 is 0 Å². The van der Waals surface area contributed by atoms with Crippen molar-refractivity contribution in [2.24, 2.45) is 0 Å². The summed E-state index contributed by atoms with van der Waals surface area (Å²) < 4.78 is 2.10. The van der Waals surface area contributed by atoms with Crippen molar-refractivity contribution in [3.05, 3.63) is 92.7 Å². The molecule has 7 nitrogen and oxygen atoms in total. The molecule has 0 atom stereocenters. The number of rotatable bonds is 4. The zero-order chi connectivity index (χ0) is 20.4. The van der Waals surface area contributed by atoms with Crippen LogP contribution in [0.15, 0.2) is 76.0 Å². The van der Waals surface area contributed by atoms with Crippen molar-refractivity contribution in [3.63, 3.8) is 0 Å². The van der Waals surface area contributed by atoms with Crippen molar-refractivity contribution < 1.29 is 4.79 Å². The molecule has 1 heterocycles. The lowest BCUT2D eigenvalue weighted by Gasteiger charge is -2.09. The summed E-state index contributed by atoms with van der Waals surface area (Å²) in [6.45, 7) is 0.252. The molecule has 144 valence electrons. The molecule has 0 bridgehead atoms. The van der Waals surface area contributed by atoms with Crippen LogP contribution in [0, 0.1) is 0 Å². The lowest BCUT2D eigenvalue weighted by Crippen LogP contribution is -2.24. The Bertz CT molecular complexity index is 1270. The molecule has 4 aromatic rings. The first-order chi connectivity index (χ1) is 14.0. The first-order valence-corrected chi connectivity index (χ1v) is 9.58. The van der Waals surface area contributed by atoms with E-state index in [9.17, 15) is 9.59 Å². The summed E-state index contributed by atoms with van der Waals surface area (Å²) in [4.78, 5) is 25.1. The van der Waals surface area contributed by atoms with E-state index >= 15 is 0 Å². The maximum atomic E-state index is 12.7. The lowest BCUT2D eigenvalue weighted by molar-refractivity contribution is 0.102. The van der Waals surface area contributed by atoms with E-state index in [0.717, 1.165) is 10.0 Å². The minimum Gasteiger partial charge on any atom is -0.397 e. The van der Waals surface area contributed by atoms with E-state index in [1.54, 1.807) is 60.7 Å².